The van der Waals surface area contributed by atoms with Crippen molar-refractivity contribution in [1.82, 2.24) is 10.6 Å². The van der Waals surface area contributed by atoms with Gasteiger partial charge in [0.15, 0.2) is 0 Å². The smallest absolute Gasteiger partial charge is 0.471 e. The molecule has 69 valence electrons. The Morgan fingerprint density at radius 2 is 1.83 bits per heavy atom. The Labute approximate surface area is 86.9 Å². The van der Waals surface area contributed by atoms with Gasteiger partial charge in [-0.2, -0.15) is 13.2 Å². The second kappa shape index (κ2) is 6.59. The van der Waals surface area contributed by atoms with Gasteiger partial charge in [0.2, 0.25) is 0 Å². The predicted molar refractivity (Wildman–Crippen MR) is 32.4 cm³/mol. The van der Waals surface area contributed by atoms with Gasteiger partial charge in [-0.05, 0) is 6.54 Å². The van der Waals surface area contributed by atoms with Crippen LogP contribution in [0.1, 0.15) is 0 Å². The van der Waals surface area contributed by atoms with Gasteiger partial charge in [0, 0.05) is 32.4 Å². The zero-order chi connectivity index (χ0) is 8.91. The van der Waals surface area contributed by atoms with Gasteiger partial charge in [-0.25, -0.2) is 0 Å². The number of carbonyl (C=O) groups excluding carboxylic acids is 1. The third-order valence-corrected chi connectivity index (χ3v) is 0.845. The van der Waals surface area contributed by atoms with E-state index in [1.807, 2.05) is 0 Å². The number of nitrogens with one attached hydrogen (secondary N) is 2. The quantitative estimate of drug-likeness (QED) is 0.514. The number of hydrogen-bond donors (Lipinski definition) is 2. The average Bonchev–Trinajstić information content (AvgIpc) is 1.86. The van der Waals surface area contributed by atoms with Crippen LogP contribution in [0.5, 0.6) is 0 Å². The summed E-state index contributed by atoms with van der Waals surface area (Å²) in [6.45, 7) is 0.129. The molecule has 0 heterocycles. The van der Waals surface area contributed by atoms with E-state index in [-0.39, 0.29) is 38.9 Å². The van der Waals surface area contributed by atoms with Crippen LogP contribution in [0.3, 0.4) is 0 Å². The Bertz CT molecular complexity index is 139. The minimum absolute atomic E-state index is 0. The molecule has 0 unspecified atom stereocenters. The molecular formula is C5H8F3N2OSc-. The van der Waals surface area contributed by atoms with Gasteiger partial charge in [0.05, 0.1) is 0 Å². The van der Waals surface area contributed by atoms with Gasteiger partial charge in [0.25, 0.3) is 0 Å². The first-order valence-electron chi connectivity index (χ1n) is 2.83. The normalized spacial score (nSPS) is 10.3. The van der Waals surface area contributed by atoms with Crippen molar-refractivity contribution in [3.05, 3.63) is 7.05 Å². The van der Waals surface area contributed by atoms with Gasteiger partial charge < -0.3 is 10.6 Å². The van der Waals surface area contributed by atoms with Crippen molar-refractivity contribution in [3.8, 4) is 0 Å². The third kappa shape index (κ3) is 6.78. The van der Waals surface area contributed by atoms with E-state index in [1.54, 1.807) is 5.32 Å². The van der Waals surface area contributed by atoms with Crippen LogP contribution in [0.15, 0.2) is 0 Å². The summed E-state index contributed by atoms with van der Waals surface area (Å²) < 4.78 is 34.3. The van der Waals surface area contributed by atoms with Gasteiger partial charge in [-0.1, -0.05) is 0 Å². The molecule has 0 aromatic carbocycles. The molecule has 0 fully saturated rings. The molecule has 1 radical (unpaired) electrons. The zero-order valence-corrected chi connectivity index (χ0v) is 8.04. The first-order valence-corrected chi connectivity index (χ1v) is 2.83. The minimum Gasteiger partial charge on any atom is -0.471 e. The summed E-state index contributed by atoms with van der Waals surface area (Å²) in [5.74, 6) is -1.92. The van der Waals surface area contributed by atoms with Crippen LogP contribution in [0.25, 0.3) is 0 Å². The van der Waals surface area contributed by atoms with Crippen molar-refractivity contribution in [3.63, 3.8) is 0 Å². The van der Waals surface area contributed by atoms with Gasteiger partial charge in [0.1, 0.15) is 0 Å². The standard InChI is InChI=1S/C5H8F3N2O.Sc/c1-9-2-3-10-4(11)5(6,7)8;/h9H,1-3H2,(H,10,11);/q-1;. The van der Waals surface area contributed by atoms with Crippen LogP contribution in [0, 0.1) is 7.05 Å². The number of carbonyl (C=O) groups is 1. The molecule has 0 aliphatic carbocycles. The maximum Gasteiger partial charge on any atom is 0.471 e. The van der Waals surface area contributed by atoms with Crippen molar-refractivity contribution in [1.29, 1.82) is 0 Å². The van der Waals surface area contributed by atoms with E-state index in [1.165, 1.54) is 0 Å². The van der Waals surface area contributed by atoms with E-state index in [0.29, 0.717) is 0 Å². The van der Waals surface area contributed by atoms with E-state index >= 15 is 0 Å². The zero-order valence-electron chi connectivity index (χ0n) is 6.24. The van der Waals surface area contributed by atoms with Crippen molar-refractivity contribution >= 4 is 5.91 Å². The summed E-state index contributed by atoms with van der Waals surface area (Å²) in [6.07, 6.45) is -4.79. The molecule has 0 spiro atoms. The van der Waals surface area contributed by atoms with E-state index in [9.17, 15) is 18.0 Å². The molecule has 12 heavy (non-hydrogen) atoms. The van der Waals surface area contributed by atoms with Crippen LogP contribution in [-0.4, -0.2) is 25.2 Å². The molecule has 0 rings (SSSR count). The van der Waals surface area contributed by atoms with Crippen LogP contribution in [0.2, 0.25) is 0 Å². The Kier molecular flexibility index (Phi) is 8.02. The maximum absolute atomic E-state index is 11.4. The molecule has 7 heteroatoms. The molecule has 0 bridgehead atoms. The van der Waals surface area contributed by atoms with E-state index in [4.69, 9.17) is 0 Å². The van der Waals surface area contributed by atoms with Crippen molar-refractivity contribution in [2.24, 2.45) is 0 Å². The Morgan fingerprint density at radius 3 is 2.17 bits per heavy atom. The minimum atomic E-state index is -4.79. The van der Waals surface area contributed by atoms with Crippen molar-refractivity contribution < 1.29 is 43.8 Å². The molecule has 1 amide bonds. The number of alkyl halides is 3. The second-order valence-electron chi connectivity index (χ2n) is 1.75. The largest absolute Gasteiger partial charge is 0.471 e. The van der Waals surface area contributed by atoms with E-state index < -0.39 is 12.1 Å². The van der Waals surface area contributed by atoms with E-state index in [0.717, 1.165) is 0 Å². The predicted octanol–water partition coefficient (Wildman–Crippen LogP) is 0.0436. The van der Waals surface area contributed by atoms with Crippen LogP contribution in [0.4, 0.5) is 13.2 Å². The van der Waals surface area contributed by atoms with Crippen LogP contribution < -0.4 is 10.6 Å². The molecule has 0 saturated heterocycles. The number of rotatable bonds is 3. The molecule has 3 nitrogen and oxygen atoms in total. The Morgan fingerprint density at radius 1 is 1.33 bits per heavy atom. The Balaban J connectivity index is 0. The summed E-state index contributed by atoms with van der Waals surface area (Å²) in [4.78, 5) is 10.1. The summed E-state index contributed by atoms with van der Waals surface area (Å²) in [5.41, 5.74) is 0. The summed E-state index contributed by atoms with van der Waals surface area (Å²) >= 11 is 0. The van der Waals surface area contributed by atoms with Crippen molar-refractivity contribution in [2.45, 2.75) is 6.18 Å². The first kappa shape index (κ1) is 14.6. The SMILES string of the molecule is [CH2-]NCCNC(=O)C(F)(F)F.[Sc]. The van der Waals surface area contributed by atoms with Crippen LogP contribution in [-0.2, 0) is 30.6 Å². The number of halogens is 3. The van der Waals surface area contributed by atoms with Crippen LogP contribution >= 0.6 is 0 Å². The fourth-order valence-corrected chi connectivity index (χ4v) is 0.365. The maximum atomic E-state index is 11.4. The van der Waals surface area contributed by atoms with Crippen molar-refractivity contribution in [2.75, 3.05) is 13.1 Å². The fourth-order valence-electron chi connectivity index (χ4n) is 0.365. The molecule has 0 aromatic rings. The molecule has 0 aliphatic heterocycles. The summed E-state index contributed by atoms with van der Waals surface area (Å²) in [6, 6.07) is 0. The molecule has 2 N–H and O–H groups in total. The van der Waals surface area contributed by atoms with Gasteiger partial charge in [-0.3, -0.25) is 11.8 Å². The molecule has 0 aromatic heterocycles. The first-order chi connectivity index (χ1) is 4.98. The van der Waals surface area contributed by atoms with E-state index in [2.05, 4.69) is 12.4 Å². The van der Waals surface area contributed by atoms with Gasteiger partial charge in [-0.15, -0.1) is 0 Å². The summed E-state index contributed by atoms with van der Waals surface area (Å²) in [5, 5.41) is 4.00. The third-order valence-electron chi connectivity index (χ3n) is 0.845. The summed E-state index contributed by atoms with van der Waals surface area (Å²) in [7, 11) is 3.16. The topological polar surface area (TPSA) is 41.1 Å². The number of hydrogen-bond acceptors (Lipinski definition) is 2. The second-order valence-corrected chi connectivity index (χ2v) is 1.75. The molecular weight excluding hydrogens is 206 g/mol. The average molecular weight is 214 g/mol. The molecule has 0 aliphatic rings. The molecule has 0 saturated carbocycles. The Hall–Kier alpha value is 0.0901. The monoisotopic (exact) mass is 214 g/mol. The van der Waals surface area contributed by atoms with Gasteiger partial charge >= 0.3 is 12.1 Å². The molecule has 0 atom stereocenters. The number of amides is 1. The fraction of sp³-hybridized carbons (Fsp3) is 0.600.